The summed E-state index contributed by atoms with van der Waals surface area (Å²) in [6.45, 7) is 2.43. The Balaban J connectivity index is 1.68. The van der Waals surface area contributed by atoms with Crippen molar-refractivity contribution in [2.75, 3.05) is 11.3 Å². The van der Waals surface area contributed by atoms with Crippen molar-refractivity contribution in [2.24, 2.45) is 0 Å². The number of carbonyl (C=O) groups is 1. The van der Waals surface area contributed by atoms with E-state index in [2.05, 4.69) is 10.0 Å². The maximum absolute atomic E-state index is 12.6. The lowest BCUT2D eigenvalue weighted by Crippen LogP contribution is -2.25. The van der Waals surface area contributed by atoms with Crippen molar-refractivity contribution in [3.05, 3.63) is 82.0 Å². The van der Waals surface area contributed by atoms with Crippen LogP contribution in [0.2, 0.25) is 0 Å². The highest BCUT2D eigenvalue weighted by Crippen LogP contribution is 2.18. The van der Waals surface area contributed by atoms with Crippen molar-refractivity contribution in [3.63, 3.8) is 0 Å². The molecule has 5 nitrogen and oxygen atoms in total. The van der Waals surface area contributed by atoms with Gasteiger partial charge in [-0.15, -0.1) is 11.3 Å². The monoisotopic (exact) mass is 400 g/mol. The van der Waals surface area contributed by atoms with Crippen LogP contribution in [-0.2, 0) is 16.4 Å². The second-order valence-corrected chi connectivity index (χ2v) is 8.80. The predicted octanol–water partition coefficient (Wildman–Crippen LogP) is 3.83. The van der Waals surface area contributed by atoms with Crippen LogP contribution >= 0.6 is 11.3 Å². The van der Waals surface area contributed by atoms with Crippen molar-refractivity contribution in [1.29, 1.82) is 0 Å². The van der Waals surface area contributed by atoms with Crippen molar-refractivity contribution in [2.45, 2.75) is 18.2 Å². The Morgan fingerprint density at radius 3 is 2.52 bits per heavy atom. The lowest BCUT2D eigenvalue weighted by molar-refractivity contribution is 0.0954. The molecule has 0 atom stereocenters. The number of hydrogen-bond acceptors (Lipinski definition) is 4. The van der Waals surface area contributed by atoms with Crippen LogP contribution in [0.25, 0.3) is 0 Å². The summed E-state index contributed by atoms with van der Waals surface area (Å²) in [5, 5.41) is 4.82. The van der Waals surface area contributed by atoms with E-state index in [0.29, 0.717) is 17.8 Å². The summed E-state index contributed by atoms with van der Waals surface area (Å²) in [5.41, 5.74) is 1.83. The highest BCUT2D eigenvalue weighted by molar-refractivity contribution is 7.92. The third kappa shape index (κ3) is 5.18. The summed E-state index contributed by atoms with van der Waals surface area (Å²) < 4.78 is 27.7. The maximum Gasteiger partial charge on any atom is 0.261 e. The first-order valence-electron chi connectivity index (χ1n) is 8.44. The number of amides is 1. The molecule has 3 aromatic rings. The fourth-order valence-corrected chi connectivity index (χ4v) is 4.31. The molecule has 2 N–H and O–H groups in total. The molecule has 0 unspecified atom stereocenters. The fourth-order valence-electron chi connectivity index (χ4n) is 2.50. The highest BCUT2D eigenvalue weighted by Gasteiger charge is 2.16. The van der Waals surface area contributed by atoms with Gasteiger partial charge in [-0.1, -0.05) is 29.8 Å². The number of anilines is 1. The van der Waals surface area contributed by atoms with E-state index in [4.69, 9.17) is 0 Å². The average Bonchev–Trinajstić information content (AvgIpc) is 3.17. The fraction of sp³-hybridized carbons (Fsp3) is 0.150. The highest BCUT2D eigenvalue weighted by atomic mass is 32.2. The zero-order valence-electron chi connectivity index (χ0n) is 14.8. The number of carbonyl (C=O) groups excluding carboxylic acids is 1. The summed E-state index contributed by atoms with van der Waals surface area (Å²) >= 11 is 1.64. The Morgan fingerprint density at radius 1 is 1.04 bits per heavy atom. The first kappa shape index (κ1) is 19.1. The molecule has 0 aliphatic heterocycles. The largest absolute Gasteiger partial charge is 0.352 e. The Bertz CT molecular complexity index is 1010. The van der Waals surface area contributed by atoms with Crippen LogP contribution in [0.3, 0.4) is 0 Å². The SMILES string of the molecule is Cc1ccc(NS(=O)(=O)c2cccc(C(=O)NCCc3cccs3)c2)cc1. The minimum absolute atomic E-state index is 0.0500. The Kier molecular flexibility index (Phi) is 5.93. The predicted molar refractivity (Wildman–Crippen MR) is 109 cm³/mol. The van der Waals surface area contributed by atoms with E-state index >= 15 is 0 Å². The van der Waals surface area contributed by atoms with Crippen LogP contribution in [0.5, 0.6) is 0 Å². The van der Waals surface area contributed by atoms with Gasteiger partial charge in [0.15, 0.2) is 0 Å². The van der Waals surface area contributed by atoms with E-state index in [1.54, 1.807) is 35.6 Å². The smallest absolute Gasteiger partial charge is 0.261 e. The van der Waals surface area contributed by atoms with E-state index in [-0.39, 0.29) is 10.8 Å². The number of rotatable bonds is 7. The lowest BCUT2D eigenvalue weighted by atomic mass is 10.2. The second kappa shape index (κ2) is 8.37. The van der Waals surface area contributed by atoms with E-state index < -0.39 is 10.0 Å². The van der Waals surface area contributed by atoms with Crippen LogP contribution in [0.1, 0.15) is 20.8 Å². The lowest BCUT2D eigenvalue weighted by Gasteiger charge is -2.10. The third-order valence-corrected chi connectivity index (χ3v) is 6.26. The normalized spacial score (nSPS) is 11.1. The molecule has 0 radical (unpaired) electrons. The third-order valence-electron chi connectivity index (χ3n) is 3.95. The van der Waals surface area contributed by atoms with Crippen molar-refractivity contribution >= 4 is 33.0 Å². The molecule has 1 amide bonds. The van der Waals surface area contributed by atoms with Gasteiger partial charge < -0.3 is 5.32 Å². The molecule has 140 valence electrons. The Morgan fingerprint density at radius 2 is 1.81 bits per heavy atom. The van der Waals surface area contributed by atoms with Crippen LogP contribution < -0.4 is 10.0 Å². The molecule has 0 saturated carbocycles. The molecule has 0 aliphatic rings. The van der Waals surface area contributed by atoms with E-state index in [1.807, 2.05) is 36.6 Å². The van der Waals surface area contributed by atoms with E-state index in [1.165, 1.54) is 17.0 Å². The molecular formula is C20H20N2O3S2. The van der Waals surface area contributed by atoms with Gasteiger partial charge in [0.2, 0.25) is 0 Å². The minimum Gasteiger partial charge on any atom is -0.352 e. The molecule has 3 rings (SSSR count). The summed E-state index contributed by atoms with van der Waals surface area (Å²) in [4.78, 5) is 13.6. The quantitative estimate of drug-likeness (QED) is 0.633. The molecular weight excluding hydrogens is 380 g/mol. The summed E-state index contributed by atoms with van der Waals surface area (Å²) in [6, 6.07) is 17.1. The topological polar surface area (TPSA) is 75.3 Å². The summed E-state index contributed by atoms with van der Waals surface area (Å²) in [7, 11) is -3.77. The molecule has 1 aromatic heterocycles. The van der Waals surface area contributed by atoms with Gasteiger partial charge in [0.1, 0.15) is 0 Å². The van der Waals surface area contributed by atoms with Gasteiger partial charge in [0, 0.05) is 22.7 Å². The van der Waals surface area contributed by atoms with Crippen molar-refractivity contribution < 1.29 is 13.2 Å². The number of sulfonamides is 1. The number of hydrogen-bond donors (Lipinski definition) is 2. The average molecular weight is 401 g/mol. The zero-order chi connectivity index (χ0) is 19.3. The first-order valence-corrected chi connectivity index (χ1v) is 10.8. The molecule has 0 spiro atoms. The second-order valence-electron chi connectivity index (χ2n) is 6.08. The van der Waals surface area contributed by atoms with Gasteiger partial charge in [0.25, 0.3) is 15.9 Å². The van der Waals surface area contributed by atoms with Crippen molar-refractivity contribution in [3.8, 4) is 0 Å². The number of aryl methyl sites for hydroxylation is 1. The number of thiophene rings is 1. The molecule has 0 bridgehead atoms. The molecule has 1 heterocycles. The van der Waals surface area contributed by atoms with Crippen molar-refractivity contribution in [1.82, 2.24) is 5.32 Å². The van der Waals surface area contributed by atoms with E-state index in [9.17, 15) is 13.2 Å². The van der Waals surface area contributed by atoms with Gasteiger partial charge in [-0.05, 0) is 55.1 Å². The zero-order valence-corrected chi connectivity index (χ0v) is 16.4. The first-order chi connectivity index (χ1) is 12.9. The molecule has 0 aliphatic carbocycles. The van der Waals surface area contributed by atoms with Crippen LogP contribution in [0.15, 0.2) is 70.9 Å². The number of benzene rings is 2. The van der Waals surface area contributed by atoms with Gasteiger partial charge in [-0.2, -0.15) is 0 Å². The maximum atomic E-state index is 12.6. The molecule has 2 aromatic carbocycles. The van der Waals surface area contributed by atoms with Gasteiger partial charge in [-0.3, -0.25) is 9.52 Å². The van der Waals surface area contributed by atoms with Crippen LogP contribution in [0.4, 0.5) is 5.69 Å². The van der Waals surface area contributed by atoms with Crippen LogP contribution in [-0.4, -0.2) is 20.9 Å². The number of nitrogens with one attached hydrogen (secondary N) is 2. The Labute approximate surface area is 163 Å². The summed E-state index contributed by atoms with van der Waals surface area (Å²) in [5.74, 6) is -0.293. The standard InChI is InChI=1S/C20H20N2O3S2/c1-15-7-9-17(10-8-15)22-27(24,25)19-6-2-4-16(14-19)20(23)21-12-11-18-5-3-13-26-18/h2-10,13-14,22H,11-12H2,1H3,(H,21,23). The minimum atomic E-state index is -3.77. The molecule has 7 heteroatoms. The molecule has 0 fully saturated rings. The summed E-state index contributed by atoms with van der Waals surface area (Å²) in [6.07, 6.45) is 0.746. The molecule has 0 saturated heterocycles. The van der Waals surface area contributed by atoms with Gasteiger partial charge in [0.05, 0.1) is 4.90 Å². The molecule has 27 heavy (non-hydrogen) atoms. The van der Waals surface area contributed by atoms with E-state index in [0.717, 1.165) is 12.0 Å². The van der Waals surface area contributed by atoms with Gasteiger partial charge >= 0.3 is 0 Å². The van der Waals surface area contributed by atoms with Crippen LogP contribution in [0, 0.1) is 6.92 Å². The Hall–Kier alpha value is -2.64. The van der Waals surface area contributed by atoms with Gasteiger partial charge in [-0.25, -0.2) is 8.42 Å².